The second kappa shape index (κ2) is 7.82. The van der Waals surface area contributed by atoms with Gasteiger partial charge in [-0.25, -0.2) is 4.79 Å². The minimum Gasteiger partial charge on any atom is -0.462 e. The molecule has 0 radical (unpaired) electrons. The molecule has 134 valence electrons. The maximum Gasteiger partial charge on any atom is 0.338 e. The lowest BCUT2D eigenvalue weighted by Gasteiger charge is -2.24. The highest BCUT2D eigenvalue weighted by molar-refractivity contribution is 6.07. The van der Waals surface area contributed by atoms with E-state index in [0.717, 1.165) is 0 Å². The Balaban J connectivity index is 1.71. The molecule has 0 aromatic heterocycles. The molecule has 2 aromatic rings. The largest absolute Gasteiger partial charge is 0.462 e. The van der Waals surface area contributed by atoms with Gasteiger partial charge in [0.05, 0.1) is 12.2 Å². The van der Waals surface area contributed by atoms with Crippen molar-refractivity contribution in [2.75, 3.05) is 16.8 Å². The van der Waals surface area contributed by atoms with E-state index >= 15 is 0 Å². The van der Waals surface area contributed by atoms with Crippen LogP contribution in [-0.2, 0) is 14.3 Å². The van der Waals surface area contributed by atoms with Gasteiger partial charge in [-0.15, -0.1) is 0 Å². The van der Waals surface area contributed by atoms with Crippen LogP contribution in [0.25, 0.3) is 0 Å². The molecule has 0 saturated carbocycles. The summed E-state index contributed by atoms with van der Waals surface area (Å²) in [6.07, 6.45) is 0.815. The van der Waals surface area contributed by atoms with Crippen molar-refractivity contribution in [3.63, 3.8) is 0 Å². The summed E-state index contributed by atoms with van der Waals surface area (Å²) in [5.74, 6) is -0.709. The molecule has 26 heavy (non-hydrogen) atoms. The Labute approximate surface area is 151 Å². The Bertz CT molecular complexity index is 802. The Kier molecular flexibility index (Phi) is 5.31. The molecule has 1 N–H and O–H groups in total. The maximum atomic E-state index is 12.7. The minimum atomic E-state index is -0.547. The van der Waals surface area contributed by atoms with Crippen LogP contribution in [0.2, 0.25) is 0 Å². The molecule has 3 rings (SSSR count). The molecule has 6 nitrogen and oxygen atoms in total. The van der Waals surface area contributed by atoms with E-state index < -0.39 is 12.0 Å². The Morgan fingerprint density at radius 3 is 2.46 bits per heavy atom. The van der Waals surface area contributed by atoms with Crippen LogP contribution in [0.5, 0.6) is 0 Å². The van der Waals surface area contributed by atoms with E-state index in [-0.39, 0.29) is 11.8 Å². The number of nitrogens with one attached hydrogen (secondary N) is 1. The molecule has 6 heteroatoms. The molecule has 2 amide bonds. The van der Waals surface area contributed by atoms with Crippen molar-refractivity contribution in [1.29, 1.82) is 0 Å². The smallest absolute Gasteiger partial charge is 0.338 e. The Hall–Kier alpha value is -3.15. The fourth-order valence-electron chi connectivity index (χ4n) is 2.97. The van der Waals surface area contributed by atoms with Crippen molar-refractivity contribution in [1.82, 2.24) is 0 Å². The van der Waals surface area contributed by atoms with Gasteiger partial charge >= 0.3 is 5.97 Å². The van der Waals surface area contributed by atoms with Gasteiger partial charge < -0.3 is 10.1 Å². The van der Waals surface area contributed by atoms with Crippen molar-refractivity contribution in [2.24, 2.45) is 0 Å². The highest BCUT2D eigenvalue weighted by atomic mass is 16.5. The molecule has 1 heterocycles. The summed E-state index contributed by atoms with van der Waals surface area (Å²) in [5, 5.41) is 2.82. The van der Waals surface area contributed by atoms with Crippen LogP contribution in [0.4, 0.5) is 11.4 Å². The fraction of sp³-hybridized carbons (Fsp3) is 0.250. The number of esters is 1. The summed E-state index contributed by atoms with van der Waals surface area (Å²) < 4.78 is 4.93. The van der Waals surface area contributed by atoms with Crippen molar-refractivity contribution >= 4 is 29.2 Å². The van der Waals surface area contributed by atoms with Gasteiger partial charge in [0.1, 0.15) is 6.04 Å². The standard InChI is InChI=1S/C20H20N2O4/c1-2-26-20(25)14-8-10-15(11-9-14)21-19(24)17-12-13-18(23)22(17)16-6-4-3-5-7-16/h3-11,17H,2,12-13H2,1H3,(H,21,24). The second-order valence-electron chi connectivity index (χ2n) is 5.94. The number of carbonyl (C=O) groups excluding carboxylic acids is 3. The number of anilines is 2. The molecule has 1 fully saturated rings. The second-order valence-corrected chi connectivity index (χ2v) is 5.94. The monoisotopic (exact) mass is 352 g/mol. The van der Waals surface area contributed by atoms with Crippen LogP contribution in [0, 0.1) is 0 Å². The first-order chi connectivity index (χ1) is 12.6. The topological polar surface area (TPSA) is 75.7 Å². The Morgan fingerprint density at radius 2 is 1.81 bits per heavy atom. The molecular weight excluding hydrogens is 332 g/mol. The number of rotatable bonds is 5. The average Bonchev–Trinajstić information content (AvgIpc) is 3.05. The molecule has 0 aliphatic carbocycles. The van der Waals surface area contributed by atoms with Crippen molar-refractivity contribution in [2.45, 2.75) is 25.8 Å². The third-order valence-electron chi connectivity index (χ3n) is 4.21. The number of para-hydroxylation sites is 1. The van der Waals surface area contributed by atoms with Crippen LogP contribution in [0.3, 0.4) is 0 Å². The van der Waals surface area contributed by atoms with Gasteiger partial charge in [0.2, 0.25) is 11.8 Å². The molecule has 1 saturated heterocycles. The average molecular weight is 352 g/mol. The first kappa shape index (κ1) is 17.7. The van der Waals surface area contributed by atoms with E-state index in [9.17, 15) is 14.4 Å². The first-order valence-corrected chi connectivity index (χ1v) is 8.55. The van der Waals surface area contributed by atoms with Crippen molar-refractivity contribution in [3.8, 4) is 0 Å². The van der Waals surface area contributed by atoms with Crippen molar-refractivity contribution < 1.29 is 19.1 Å². The third-order valence-corrected chi connectivity index (χ3v) is 4.21. The van der Waals surface area contributed by atoms with Gasteiger partial charge in [-0.05, 0) is 49.7 Å². The van der Waals surface area contributed by atoms with Gasteiger partial charge in [-0.3, -0.25) is 14.5 Å². The van der Waals surface area contributed by atoms with E-state index in [2.05, 4.69) is 5.32 Å². The van der Waals surface area contributed by atoms with Crippen LogP contribution in [-0.4, -0.2) is 30.4 Å². The summed E-state index contributed by atoms with van der Waals surface area (Å²) in [6, 6.07) is 15.1. The Morgan fingerprint density at radius 1 is 1.12 bits per heavy atom. The summed E-state index contributed by atoms with van der Waals surface area (Å²) in [5.41, 5.74) is 1.70. The number of hydrogen-bond acceptors (Lipinski definition) is 4. The molecule has 2 aromatic carbocycles. The van der Waals surface area contributed by atoms with Crippen molar-refractivity contribution in [3.05, 3.63) is 60.2 Å². The number of carbonyl (C=O) groups is 3. The molecule has 1 atom stereocenters. The zero-order valence-corrected chi connectivity index (χ0v) is 14.5. The first-order valence-electron chi connectivity index (χ1n) is 8.55. The molecule has 1 aliphatic rings. The molecular formula is C20H20N2O4. The van der Waals surface area contributed by atoms with Gasteiger partial charge in [-0.2, -0.15) is 0 Å². The van der Waals surface area contributed by atoms with Crippen LogP contribution < -0.4 is 10.2 Å². The van der Waals surface area contributed by atoms with E-state index in [1.54, 1.807) is 36.1 Å². The van der Waals surface area contributed by atoms with E-state index in [1.807, 2.05) is 30.3 Å². The predicted molar refractivity (Wildman–Crippen MR) is 98.0 cm³/mol. The van der Waals surface area contributed by atoms with Crippen LogP contribution >= 0.6 is 0 Å². The fourth-order valence-corrected chi connectivity index (χ4v) is 2.97. The summed E-state index contributed by atoms with van der Waals surface area (Å²) in [7, 11) is 0. The lowest BCUT2D eigenvalue weighted by atomic mass is 10.1. The maximum absolute atomic E-state index is 12.7. The highest BCUT2D eigenvalue weighted by Gasteiger charge is 2.37. The predicted octanol–water partition coefficient (Wildman–Crippen LogP) is 3.00. The molecule has 0 bridgehead atoms. The SMILES string of the molecule is CCOC(=O)c1ccc(NC(=O)C2CCC(=O)N2c2ccccc2)cc1. The summed E-state index contributed by atoms with van der Waals surface area (Å²) in [6.45, 7) is 2.05. The highest BCUT2D eigenvalue weighted by Crippen LogP contribution is 2.27. The summed E-state index contributed by atoms with van der Waals surface area (Å²) >= 11 is 0. The molecule has 0 spiro atoms. The van der Waals surface area contributed by atoms with Crippen LogP contribution in [0.15, 0.2) is 54.6 Å². The van der Waals surface area contributed by atoms with Gasteiger partial charge in [0, 0.05) is 17.8 Å². The molecule has 1 aliphatic heterocycles. The number of nitrogens with zero attached hydrogens (tertiary/aromatic N) is 1. The van der Waals surface area contributed by atoms with E-state index in [4.69, 9.17) is 4.74 Å². The lowest BCUT2D eigenvalue weighted by molar-refractivity contribution is -0.120. The number of ether oxygens (including phenoxy) is 1. The minimum absolute atomic E-state index is 0.0611. The van der Waals surface area contributed by atoms with Crippen LogP contribution in [0.1, 0.15) is 30.1 Å². The summed E-state index contributed by atoms with van der Waals surface area (Å²) in [4.78, 5) is 38.1. The molecule has 1 unspecified atom stereocenters. The van der Waals surface area contributed by atoms with E-state index in [1.165, 1.54) is 0 Å². The quantitative estimate of drug-likeness (QED) is 0.840. The number of benzene rings is 2. The van der Waals surface area contributed by atoms with Gasteiger partial charge in [0.15, 0.2) is 0 Å². The normalized spacial score (nSPS) is 16.4. The zero-order valence-electron chi connectivity index (χ0n) is 14.5. The van der Waals surface area contributed by atoms with Gasteiger partial charge in [0.25, 0.3) is 0 Å². The number of amides is 2. The van der Waals surface area contributed by atoms with Gasteiger partial charge in [-0.1, -0.05) is 18.2 Å². The lowest BCUT2D eigenvalue weighted by Crippen LogP contribution is -2.41. The zero-order chi connectivity index (χ0) is 18.5. The number of hydrogen-bond donors (Lipinski definition) is 1. The van der Waals surface area contributed by atoms with E-state index in [0.29, 0.717) is 36.4 Å². The third kappa shape index (κ3) is 3.74.